The molecule has 0 bridgehead atoms. The largest absolute Gasteiger partial charge is 0.507 e. The average molecular weight is 426 g/mol. The molecule has 31 heavy (non-hydrogen) atoms. The zero-order valence-corrected chi connectivity index (χ0v) is 17.0. The smallest absolute Gasteiger partial charge is 0.198 e. The number of para-hydroxylation sites is 2. The number of nitrogens with zero attached hydrogens (tertiary/aromatic N) is 3. The molecule has 3 aromatic carbocycles. The van der Waals surface area contributed by atoms with Gasteiger partial charge in [0, 0.05) is 22.7 Å². The summed E-state index contributed by atoms with van der Waals surface area (Å²) in [5.41, 5.74) is 3.41. The number of fused-ring (bicyclic) bond motifs is 1. The van der Waals surface area contributed by atoms with E-state index in [4.69, 9.17) is 16.7 Å². The molecule has 0 saturated carbocycles. The molecule has 0 saturated heterocycles. The van der Waals surface area contributed by atoms with Gasteiger partial charge in [0.05, 0.1) is 16.3 Å². The van der Waals surface area contributed by atoms with Gasteiger partial charge in [0.2, 0.25) is 0 Å². The molecule has 0 radical (unpaired) electrons. The Balaban J connectivity index is 1.75. The van der Waals surface area contributed by atoms with Crippen molar-refractivity contribution in [3.63, 3.8) is 0 Å². The van der Waals surface area contributed by atoms with Gasteiger partial charge in [0.1, 0.15) is 11.4 Å². The molecule has 0 aliphatic rings. The second-order valence-electron chi connectivity index (χ2n) is 7.02. The van der Waals surface area contributed by atoms with Crippen molar-refractivity contribution < 1.29 is 9.90 Å². The van der Waals surface area contributed by atoms with Crippen LogP contribution in [0.1, 0.15) is 15.9 Å². The molecule has 0 aliphatic carbocycles. The van der Waals surface area contributed by atoms with E-state index in [1.807, 2.05) is 48.5 Å². The number of halogens is 1. The van der Waals surface area contributed by atoms with Crippen molar-refractivity contribution >= 4 is 28.4 Å². The van der Waals surface area contributed by atoms with Crippen LogP contribution >= 0.6 is 11.6 Å². The van der Waals surface area contributed by atoms with Crippen molar-refractivity contribution in [3.05, 3.63) is 107 Å². The number of pyridine rings is 1. The molecule has 5 rings (SSSR count). The van der Waals surface area contributed by atoms with Crippen LogP contribution in [-0.4, -0.2) is 25.7 Å². The minimum Gasteiger partial charge on any atom is -0.507 e. The SMILES string of the molecule is O=C(c1cnc2c(c1)c(-c1ccccc1Cl)nn2-c1ccccc1)c1ccccc1O. The Kier molecular flexibility index (Phi) is 4.73. The maximum atomic E-state index is 13.0. The first-order valence-corrected chi connectivity index (χ1v) is 10.0. The van der Waals surface area contributed by atoms with E-state index in [1.54, 1.807) is 35.0 Å². The Morgan fingerprint density at radius 1 is 0.903 bits per heavy atom. The second-order valence-corrected chi connectivity index (χ2v) is 7.42. The van der Waals surface area contributed by atoms with Gasteiger partial charge in [-0.15, -0.1) is 0 Å². The van der Waals surface area contributed by atoms with E-state index in [2.05, 4.69) is 4.98 Å². The van der Waals surface area contributed by atoms with Crippen LogP contribution < -0.4 is 0 Å². The topological polar surface area (TPSA) is 68.0 Å². The van der Waals surface area contributed by atoms with Crippen molar-refractivity contribution in [3.8, 4) is 22.7 Å². The fraction of sp³-hybridized carbons (Fsp3) is 0. The summed E-state index contributed by atoms with van der Waals surface area (Å²) in [6.45, 7) is 0. The van der Waals surface area contributed by atoms with Gasteiger partial charge in [0.15, 0.2) is 11.4 Å². The molecule has 0 amide bonds. The first-order valence-electron chi connectivity index (χ1n) is 9.65. The molecule has 5 aromatic rings. The summed E-state index contributed by atoms with van der Waals surface area (Å²) >= 11 is 6.46. The molecule has 6 heteroatoms. The van der Waals surface area contributed by atoms with Gasteiger partial charge in [-0.2, -0.15) is 5.10 Å². The van der Waals surface area contributed by atoms with Crippen LogP contribution in [0.15, 0.2) is 91.1 Å². The Bertz CT molecular complexity index is 1430. The van der Waals surface area contributed by atoms with Crippen molar-refractivity contribution in [2.75, 3.05) is 0 Å². The molecule has 2 heterocycles. The predicted octanol–water partition coefficient (Wildman–Crippen LogP) is 5.68. The van der Waals surface area contributed by atoms with E-state index in [1.165, 1.54) is 12.3 Å². The van der Waals surface area contributed by atoms with Gasteiger partial charge >= 0.3 is 0 Å². The highest BCUT2D eigenvalue weighted by atomic mass is 35.5. The van der Waals surface area contributed by atoms with E-state index in [0.29, 0.717) is 27.3 Å². The predicted molar refractivity (Wildman–Crippen MR) is 121 cm³/mol. The van der Waals surface area contributed by atoms with Crippen LogP contribution in [0.5, 0.6) is 5.75 Å². The first kappa shape index (κ1) is 19.0. The normalized spacial score (nSPS) is 11.0. The standard InChI is InChI=1S/C25H16ClN3O2/c26-21-12-6-4-10-18(21)23-20-14-16(24(31)19-11-5-7-13-22(19)30)15-27-25(20)29(28-23)17-8-2-1-3-9-17/h1-15,30H. The zero-order chi connectivity index (χ0) is 21.4. The van der Waals surface area contributed by atoms with Crippen LogP contribution in [0.4, 0.5) is 0 Å². The van der Waals surface area contributed by atoms with Crippen molar-refractivity contribution in [2.45, 2.75) is 0 Å². The highest BCUT2D eigenvalue weighted by Gasteiger charge is 2.20. The molecule has 0 unspecified atom stereocenters. The molecule has 0 spiro atoms. The van der Waals surface area contributed by atoms with E-state index in [-0.39, 0.29) is 17.1 Å². The van der Waals surface area contributed by atoms with Gasteiger partial charge in [-0.25, -0.2) is 9.67 Å². The number of hydrogen-bond donors (Lipinski definition) is 1. The summed E-state index contributed by atoms with van der Waals surface area (Å²) in [5.74, 6) is -0.385. The number of aromatic hydroxyl groups is 1. The first-order chi connectivity index (χ1) is 15.1. The molecule has 0 fully saturated rings. The summed E-state index contributed by atoms with van der Waals surface area (Å²) < 4.78 is 1.74. The average Bonchev–Trinajstić information content (AvgIpc) is 3.18. The molecular weight excluding hydrogens is 410 g/mol. The Labute approximate surface area is 183 Å². The molecular formula is C25H16ClN3O2. The number of rotatable bonds is 4. The summed E-state index contributed by atoms with van der Waals surface area (Å²) in [7, 11) is 0. The summed E-state index contributed by atoms with van der Waals surface area (Å²) in [5, 5.41) is 16.1. The second kappa shape index (κ2) is 7.70. The van der Waals surface area contributed by atoms with E-state index < -0.39 is 0 Å². The zero-order valence-electron chi connectivity index (χ0n) is 16.2. The summed E-state index contributed by atoms with van der Waals surface area (Å²) in [6, 6.07) is 25.3. The van der Waals surface area contributed by atoms with Crippen LogP contribution in [0, 0.1) is 0 Å². The van der Waals surface area contributed by atoms with Crippen LogP contribution in [0.25, 0.3) is 28.0 Å². The Morgan fingerprint density at radius 2 is 1.61 bits per heavy atom. The number of aromatic nitrogens is 3. The lowest BCUT2D eigenvalue weighted by molar-refractivity contribution is 0.103. The third kappa shape index (κ3) is 3.35. The lowest BCUT2D eigenvalue weighted by Gasteiger charge is -2.05. The Morgan fingerprint density at radius 3 is 2.39 bits per heavy atom. The summed E-state index contributed by atoms with van der Waals surface area (Å²) in [4.78, 5) is 17.6. The van der Waals surface area contributed by atoms with Crippen LogP contribution in [0.3, 0.4) is 0 Å². The highest BCUT2D eigenvalue weighted by molar-refractivity contribution is 6.33. The Hall–Kier alpha value is -3.96. The summed E-state index contributed by atoms with van der Waals surface area (Å²) in [6.07, 6.45) is 1.51. The lowest BCUT2D eigenvalue weighted by Crippen LogP contribution is -2.03. The number of phenols is 1. The third-order valence-corrected chi connectivity index (χ3v) is 5.39. The molecule has 150 valence electrons. The van der Waals surface area contributed by atoms with Crippen LogP contribution in [-0.2, 0) is 0 Å². The maximum absolute atomic E-state index is 13.0. The quantitative estimate of drug-likeness (QED) is 0.376. The fourth-order valence-corrected chi connectivity index (χ4v) is 3.77. The number of carbonyl (C=O) groups is 1. The molecule has 0 atom stereocenters. The molecule has 0 aliphatic heterocycles. The van der Waals surface area contributed by atoms with Crippen molar-refractivity contribution in [2.24, 2.45) is 0 Å². The molecule has 5 nitrogen and oxygen atoms in total. The molecule has 1 N–H and O–H groups in total. The number of carbonyl (C=O) groups excluding carboxylic acids is 1. The third-order valence-electron chi connectivity index (χ3n) is 5.06. The van der Waals surface area contributed by atoms with E-state index in [0.717, 1.165) is 11.3 Å². The number of ketones is 1. The van der Waals surface area contributed by atoms with Gasteiger partial charge < -0.3 is 5.11 Å². The number of phenolic OH excluding ortho intramolecular Hbond substituents is 1. The number of benzene rings is 3. The van der Waals surface area contributed by atoms with Gasteiger partial charge in [-0.05, 0) is 36.4 Å². The highest BCUT2D eigenvalue weighted by Crippen LogP contribution is 2.34. The lowest BCUT2D eigenvalue weighted by atomic mass is 10.0. The van der Waals surface area contributed by atoms with Gasteiger partial charge in [0.25, 0.3) is 0 Å². The fourth-order valence-electron chi connectivity index (χ4n) is 3.55. The van der Waals surface area contributed by atoms with Crippen molar-refractivity contribution in [1.29, 1.82) is 0 Å². The van der Waals surface area contributed by atoms with Gasteiger partial charge in [-0.3, -0.25) is 4.79 Å². The van der Waals surface area contributed by atoms with Crippen molar-refractivity contribution in [1.82, 2.24) is 14.8 Å². The minimum atomic E-state index is -0.315. The van der Waals surface area contributed by atoms with E-state index in [9.17, 15) is 9.90 Å². The van der Waals surface area contributed by atoms with E-state index >= 15 is 0 Å². The monoisotopic (exact) mass is 425 g/mol. The van der Waals surface area contributed by atoms with Gasteiger partial charge in [-0.1, -0.05) is 60.1 Å². The molecule has 2 aromatic heterocycles. The maximum Gasteiger partial charge on any atom is 0.198 e. The number of hydrogen-bond acceptors (Lipinski definition) is 4. The minimum absolute atomic E-state index is 0.0705. The van der Waals surface area contributed by atoms with Crippen LogP contribution in [0.2, 0.25) is 5.02 Å².